The first-order chi connectivity index (χ1) is 8.47. The van der Waals surface area contributed by atoms with Crippen LogP contribution in [0.4, 0.5) is 11.4 Å². The third-order valence-corrected chi connectivity index (χ3v) is 3.33. The van der Waals surface area contributed by atoms with Gasteiger partial charge in [0.1, 0.15) is 0 Å². The Balaban J connectivity index is 2.43. The van der Waals surface area contributed by atoms with Crippen LogP contribution in [0.1, 0.15) is 27.8 Å². The standard InChI is InChI=1S/C17H21N/c1-11-6-7-13(3)16(10-11)18-17-14(4)8-12(2)9-15(17)5/h6-10,18H,1-5H3. The molecule has 0 bridgehead atoms. The maximum absolute atomic E-state index is 3.58. The summed E-state index contributed by atoms with van der Waals surface area (Å²) >= 11 is 0. The Bertz CT molecular complexity index is 559. The van der Waals surface area contributed by atoms with Crippen molar-refractivity contribution < 1.29 is 0 Å². The largest absolute Gasteiger partial charge is 0.355 e. The molecule has 1 nitrogen and oxygen atoms in total. The second kappa shape index (κ2) is 4.85. The summed E-state index contributed by atoms with van der Waals surface area (Å²) in [5.41, 5.74) is 8.91. The zero-order valence-corrected chi connectivity index (χ0v) is 11.9. The van der Waals surface area contributed by atoms with Crippen molar-refractivity contribution in [1.82, 2.24) is 0 Å². The third kappa shape index (κ3) is 2.56. The molecule has 94 valence electrons. The zero-order chi connectivity index (χ0) is 13.3. The summed E-state index contributed by atoms with van der Waals surface area (Å²) in [4.78, 5) is 0. The van der Waals surface area contributed by atoms with Gasteiger partial charge in [0, 0.05) is 11.4 Å². The molecule has 0 aliphatic rings. The van der Waals surface area contributed by atoms with E-state index in [1.165, 1.54) is 39.2 Å². The molecule has 1 heteroatoms. The molecule has 0 saturated heterocycles. The van der Waals surface area contributed by atoms with Gasteiger partial charge in [0.05, 0.1) is 0 Å². The fourth-order valence-electron chi connectivity index (χ4n) is 2.38. The molecule has 0 spiro atoms. The fourth-order valence-corrected chi connectivity index (χ4v) is 2.38. The Hall–Kier alpha value is -1.76. The van der Waals surface area contributed by atoms with Crippen LogP contribution in [-0.4, -0.2) is 0 Å². The minimum absolute atomic E-state index is 1.20. The Morgan fingerprint density at radius 1 is 0.667 bits per heavy atom. The van der Waals surface area contributed by atoms with Gasteiger partial charge in [0.25, 0.3) is 0 Å². The van der Waals surface area contributed by atoms with E-state index in [9.17, 15) is 0 Å². The summed E-state index contributed by atoms with van der Waals surface area (Å²) in [6.07, 6.45) is 0. The minimum atomic E-state index is 1.20. The molecule has 2 rings (SSSR count). The van der Waals surface area contributed by atoms with E-state index >= 15 is 0 Å². The number of aryl methyl sites for hydroxylation is 5. The molecular weight excluding hydrogens is 218 g/mol. The summed E-state index contributed by atoms with van der Waals surface area (Å²) < 4.78 is 0. The predicted molar refractivity (Wildman–Crippen MR) is 79.9 cm³/mol. The molecule has 2 aromatic rings. The smallest absolute Gasteiger partial charge is 0.0443 e. The van der Waals surface area contributed by atoms with Crippen molar-refractivity contribution in [2.75, 3.05) is 5.32 Å². The highest BCUT2D eigenvalue weighted by molar-refractivity contribution is 5.69. The van der Waals surface area contributed by atoms with Gasteiger partial charge >= 0.3 is 0 Å². The average molecular weight is 239 g/mol. The number of anilines is 2. The maximum atomic E-state index is 3.58. The zero-order valence-electron chi connectivity index (χ0n) is 11.9. The van der Waals surface area contributed by atoms with E-state index in [0.717, 1.165) is 0 Å². The Morgan fingerprint density at radius 2 is 1.28 bits per heavy atom. The van der Waals surface area contributed by atoms with Gasteiger partial charge in [-0.15, -0.1) is 0 Å². The highest BCUT2D eigenvalue weighted by Gasteiger charge is 2.06. The molecular formula is C17H21N. The molecule has 0 fully saturated rings. The third-order valence-electron chi connectivity index (χ3n) is 3.33. The van der Waals surface area contributed by atoms with Crippen LogP contribution in [0.2, 0.25) is 0 Å². The summed E-state index contributed by atoms with van der Waals surface area (Å²) in [6, 6.07) is 11.0. The predicted octanol–water partition coefficient (Wildman–Crippen LogP) is 4.97. The van der Waals surface area contributed by atoms with Crippen molar-refractivity contribution in [1.29, 1.82) is 0 Å². The number of nitrogens with one attached hydrogen (secondary N) is 1. The molecule has 2 aromatic carbocycles. The van der Waals surface area contributed by atoms with Gasteiger partial charge in [-0.25, -0.2) is 0 Å². The van der Waals surface area contributed by atoms with Crippen LogP contribution in [-0.2, 0) is 0 Å². The van der Waals surface area contributed by atoms with Gasteiger partial charge < -0.3 is 5.32 Å². The molecule has 0 aromatic heterocycles. The van der Waals surface area contributed by atoms with Crippen molar-refractivity contribution in [3.8, 4) is 0 Å². The van der Waals surface area contributed by atoms with E-state index in [-0.39, 0.29) is 0 Å². The van der Waals surface area contributed by atoms with Crippen LogP contribution in [0.15, 0.2) is 30.3 Å². The van der Waals surface area contributed by atoms with E-state index < -0.39 is 0 Å². The van der Waals surface area contributed by atoms with Crippen LogP contribution in [0.5, 0.6) is 0 Å². The minimum Gasteiger partial charge on any atom is -0.355 e. The Kier molecular flexibility index (Phi) is 3.42. The van der Waals surface area contributed by atoms with Gasteiger partial charge in [-0.05, 0) is 62.9 Å². The average Bonchev–Trinajstić information content (AvgIpc) is 2.28. The van der Waals surface area contributed by atoms with Crippen molar-refractivity contribution >= 4 is 11.4 Å². The molecule has 0 heterocycles. The second-order valence-corrected chi connectivity index (χ2v) is 5.22. The van der Waals surface area contributed by atoms with Crippen molar-refractivity contribution in [2.45, 2.75) is 34.6 Å². The molecule has 0 radical (unpaired) electrons. The lowest BCUT2D eigenvalue weighted by Crippen LogP contribution is -1.99. The van der Waals surface area contributed by atoms with Gasteiger partial charge in [0.15, 0.2) is 0 Å². The Morgan fingerprint density at radius 3 is 1.89 bits per heavy atom. The maximum Gasteiger partial charge on any atom is 0.0443 e. The number of hydrogen-bond acceptors (Lipinski definition) is 1. The van der Waals surface area contributed by atoms with E-state index in [4.69, 9.17) is 0 Å². The van der Waals surface area contributed by atoms with E-state index in [1.54, 1.807) is 0 Å². The van der Waals surface area contributed by atoms with E-state index in [1.807, 2.05) is 0 Å². The van der Waals surface area contributed by atoms with E-state index in [2.05, 4.69) is 70.3 Å². The summed E-state index contributed by atoms with van der Waals surface area (Å²) in [6.45, 7) is 10.7. The second-order valence-electron chi connectivity index (χ2n) is 5.22. The van der Waals surface area contributed by atoms with Crippen LogP contribution in [0, 0.1) is 34.6 Å². The lowest BCUT2D eigenvalue weighted by molar-refractivity contribution is 1.29. The number of hydrogen-bond donors (Lipinski definition) is 1. The molecule has 0 aliphatic carbocycles. The van der Waals surface area contributed by atoms with Crippen LogP contribution in [0.3, 0.4) is 0 Å². The number of benzene rings is 2. The van der Waals surface area contributed by atoms with Crippen molar-refractivity contribution in [3.05, 3.63) is 58.1 Å². The molecule has 18 heavy (non-hydrogen) atoms. The first-order valence-corrected chi connectivity index (χ1v) is 6.39. The fraction of sp³-hybridized carbons (Fsp3) is 0.294. The molecule has 0 amide bonds. The molecule has 0 atom stereocenters. The quantitative estimate of drug-likeness (QED) is 0.780. The Labute approximate surface area is 110 Å². The molecule has 0 unspecified atom stereocenters. The van der Waals surface area contributed by atoms with Gasteiger partial charge in [0.2, 0.25) is 0 Å². The first kappa shape index (κ1) is 12.7. The lowest BCUT2D eigenvalue weighted by atomic mass is 10.0. The summed E-state index contributed by atoms with van der Waals surface area (Å²) in [7, 11) is 0. The number of rotatable bonds is 2. The summed E-state index contributed by atoms with van der Waals surface area (Å²) in [5, 5.41) is 3.58. The van der Waals surface area contributed by atoms with Gasteiger partial charge in [-0.1, -0.05) is 29.8 Å². The van der Waals surface area contributed by atoms with Crippen molar-refractivity contribution in [3.63, 3.8) is 0 Å². The lowest BCUT2D eigenvalue weighted by Gasteiger charge is -2.16. The van der Waals surface area contributed by atoms with Crippen molar-refractivity contribution in [2.24, 2.45) is 0 Å². The monoisotopic (exact) mass is 239 g/mol. The highest BCUT2D eigenvalue weighted by atomic mass is 14.9. The van der Waals surface area contributed by atoms with Crippen LogP contribution in [0.25, 0.3) is 0 Å². The normalized spacial score (nSPS) is 10.5. The molecule has 0 aliphatic heterocycles. The first-order valence-electron chi connectivity index (χ1n) is 6.39. The van der Waals surface area contributed by atoms with Crippen LogP contribution >= 0.6 is 0 Å². The van der Waals surface area contributed by atoms with Crippen LogP contribution < -0.4 is 5.32 Å². The molecule has 0 saturated carbocycles. The van der Waals surface area contributed by atoms with Gasteiger partial charge in [-0.2, -0.15) is 0 Å². The highest BCUT2D eigenvalue weighted by Crippen LogP contribution is 2.28. The summed E-state index contributed by atoms with van der Waals surface area (Å²) in [5.74, 6) is 0. The van der Waals surface area contributed by atoms with Gasteiger partial charge in [-0.3, -0.25) is 0 Å². The van der Waals surface area contributed by atoms with E-state index in [0.29, 0.717) is 0 Å². The topological polar surface area (TPSA) is 12.0 Å². The SMILES string of the molecule is Cc1cc(C)c(Nc2cc(C)ccc2C)c(C)c1. The molecule has 1 N–H and O–H groups in total.